The summed E-state index contributed by atoms with van der Waals surface area (Å²) >= 11 is 0. The molecular formula is C19H25ClN2O. The lowest BCUT2D eigenvalue weighted by Crippen LogP contribution is -2.29. The molecule has 0 saturated heterocycles. The van der Waals surface area contributed by atoms with Gasteiger partial charge in [0.2, 0.25) is 5.91 Å². The lowest BCUT2D eigenvalue weighted by Gasteiger charge is -2.21. The summed E-state index contributed by atoms with van der Waals surface area (Å²) in [5, 5.41) is 0. The van der Waals surface area contributed by atoms with Crippen LogP contribution in [0.25, 0.3) is 0 Å². The average molecular weight is 333 g/mol. The molecule has 2 aromatic carbocycles. The number of anilines is 1. The van der Waals surface area contributed by atoms with Crippen molar-refractivity contribution in [1.82, 2.24) is 0 Å². The van der Waals surface area contributed by atoms with Crippen LogP contribution in [0.15, 0.2) is 54.6 Å². The molecule has 1 amide bonds. The van der Waals surface area contributed by atoms with E-state index in [4.69, 9.17) is 5.73 Å². The molecule has 0 aliphatic rings. The van der Waals surface area contributed by atoms with Crippen molar-refractivity contribution in [3.63, 3.8) is 0 Å². The standard InChI is InChI=1S/C19H24N2O.ClH/c1-14(2)16-10-7-11-17(12-16)21(3)19(22)13-18(20)15-8-5-4-6-9-15;/h4-12,14,18H,13,20H2,1-3H3;1H. The third-order valence-corrected chi connectivity index (χ3v) is 3.92. The SMILES string of the molecule is CC(C)c1cccc(N(C)C(=O)CC(N)c2ccccc2)c1.Cl. The van der Waals surface area contributed by atoms with Gasteiger partial charge in [-0.15, -0.1) is 12.4 Å². The molecule has 0 saturated carbocycles. The summed E-state index contributed by atoms with van der Waals surface area (Å²) < 4.78 is 0. The Kier molecular flexibility index (Phi) is 7.27. The molecule has 0 aliphatic carbocycles. The quantitative estimate of drug-likeness (QED) is 0.888. The molecule has 0 heterocycles. The van der Waals surface area contributed by atoms with Crippen molar-refractivity contribution >= 4 is 24.0 Å². The molecule has 4 heteroatoms. The second-order valence-corrected chi connectivity index (χ2v) is 5.92. The molecule has 0 spiro atoms. The van der Waals surface area contributed by atoms with Crippen LogP contribution in [0, 0.1) is 0 Å². The highest BCUT2D eigenvalue weighted by Crippen LogP contribution is 2.22. The summed E-state index contributed by atoms with van der Waals surface area (Å²) in [6, 6.07) is 17.6. The molecular weight excluding hydrogens is 308 g/mol. The maximum atomic E-state index is 12.5. The van der Waals surface area contributed by atoms with E-state index in [-0.39, 0.29) is 24.4 Å². The fraction of sp³-hybridized carbons (Fsp3) is 0.316. The fourth-order valence-electron chi connectivity index (χ4n) is 2.38. The van der Waals surface area contributed by atoms with Gasteiger partial charge in [0.15, 0.2) is 0 Å². The Bertz CT molecular complexity index is 628. The summed E-state index contributed by atoms with van der Waals surface area (Å²) in [6.45, 7) is 4.29. The van der Waals surface area contributed by atoms with Crippen LogP contribution in [0.5, 0.6) is 0 Å². The normalized spacial score (nSPS) is 11.7. The summed E-state index contributed by atoms with van der Waals surface area (Å²) in [6.07, 6.45) is 0.298. The second-order valence-electron chi connectivity index (χ2n) is 5.92. The monoisotopic (exact) mass is 332 g/mol. The number of halogens is 1. The lowest BCUT2D eigenvalue weighted by atomic mass is 10.0. The van der Waals surface area contributed by atoms with Crippen LogP contribution < -0.4 is 10.6 Å². The minimum absolute atomic E-state index is 0. The largest absolute Gasteiger partial charge is 0.324 e. The Balaban J connectivity index is 0.00000264. The Morgan fingerprint density at radius 1 is 1.04 bits per heavy atom. The zero-order chi connectivity index (χ0) is 16.1. The first kappa shape index (κ1) is 19.2. The van der Waals surface area contributed by atoms with Gasteiger partial charge in [-0.3, -0.25) is 4.79 Å². The molecule has 0 fully saturated rings. The maximum absolute atomic E-state index is 12.5. The zero-order valence-corrected chi connectivity index (χ0v) is 14.7. The van der Waals surface area contributed by atoms with Crippen LogP contribution in [0.1, 0.15) is 43.4 Å². The first-order chi connectivity index (χ1) is 10.5. The molecule has 0 aliphatic heterocycles. The number of hydrogen-bond donors (Lipinski definition) is 1. The minimum atomic E-state index is -0.274. The van der Waals surface area contributed by atoms with E-state index >= 15 is 0 Å². The zero-order valence-electron chi connectivity index (χ0n) is 13.9. The van der Waals surface area contributed by atoms with E-state index < -0.39 is 0 Å². The summed E-state index contributed by atoms with van der Waals surface area (Å²) in [7, 11) is 1.81. The lowest BCUT2D eigenvalue weighted by molar-refractivity contribution is -0.118. The van der Waals surface area contributed by atoms with E-state index in [1.54, 1.807) is 11.9 Å². The van der Waals surface area contributed by atoms with Gasteiger partial charge >= 0.3 is 0 Å². The molecule has 124 valence electrons. The minimum Gasteiger partial charge on any atom is -0.324 e. The van der Waals surface area contributed by atoms with Gasteiger partial charge in [0.25, 0.3) is 0 Å². The van der Waals surface area contributed by atoms with Crippen molar-refractivity contribution in [3.8, 4) is 0 Å². The van der Waals surface area contributed by atoms with E-state index in [0.717, 1.165) is 11.3 Å². The highest BCUT2D eigenvalue weighted by molar-refractivity contribution is 5.93. The van der Waals surface area contributed by atoms with Crippen LogP contribution in [-0.2, 0) is 4.79 Å². The summed E-state index contributed by atoms with van der Waals surface area (Å²) in [5.74, 6) is 0.465. The molecule has 0 bridgehead atoms. The van der Waals surface area contributed by atoms with Gasteiger partial charge in [0.1, 0.15) is 0 Å². The number of nitrogens with two attached hydrogens (primary N) is 1. The summed E-state index contributed by atoms with van der Waals surface area (Å²) in [5.41, 5.74) is 9.27. The van der Waals surface area contributed by atoms with Gasteiger partial charge in [-0.2, -0.15) is 0 Å². The van der Waals surface area contributed by atoms with Crippen molar-refractivity contribution < 1.29 is 4.79 Å². The van der Waals surface area contributed by atoms with Crippen LogP contribution in [0.4, 0.5) is 5.69 Å². The molecule has 0 aromatic heterocycles. The fourth-order valence-corrected chi connectivity index (χ4v) is 2.38. The van der Waals surface area contributed by atoms with Gasteiger partial charge < -0.3 is 10.6 Å². The Labute approximate surface area is 144 Å². The first-order valence-corrected chi connectivity index (χ1v) is 7.66. The number of hydrogen-bond acceptors (Lipinski definition) is 2. The average Bonchev–Trinajstić information content (AvgIpc) is 2.54. The Hall–Kier alpha value is -1.84. The number of carbonyl (C=O) groups is 1. The number of benzene rings is 2. The molecule has 1 unspecified atom stereocenters. The number of rotatable bonds is 5. The van der Waals surface area contributed by atoms with Gasteiger partial charge in [-0.1, -0.05) is 56.3 Å². The number of nitrogens with zero attached hydrogens (tertiary/aromatic N) is 1. The predicted molar refractivity (Wildman–Crippen MR) is 99.2 cm³/mol. The van der Waals surface area contributed by atoms with Crippen LogP contribution in [0.2, 0.25) is 0 Å². The van der Waals surface area contributed by atoms with Crippen LogP contribution >= 0.6 is 12.4 Å². The number of carbonyl (C=O) groups excluding carboxylic acids is 1. The second kappa shape index (κ2) is 8.70. The molecule has 2 rings (SSSR count). The molecule has 2 N–H and O–H groups in total. The molecule has 1 atom stereocenters. The van der Waals surface area contributed by atoms with Crippen molar-refractivity contribution in [1.29, 1.82) is 0 Å². The van der Waals surface area contributed by atoms with Crippen molar-refractivity contribution in [3.05, 3.63) is 65.7 Å². The van der Waals surface area contributed by atoms with Crippen LogP contribution in [0.3, 0.4) is 0 Å². The first-order valence-electron chi connectivity index (χ1n) is 7.66. The van der Waals surface area contributed by atoms with Crippen molar-refractivity contribution in [2.24, 2.45) is 5.73 Å². The molecule has 0 radical (unpaired) electrons. The highest BCUT2D eigenvalue weighted by Gasteiger charge is 2.16. The third kappa shape index (κ3) is 5.08. The van der Waals surface area contributed by atoms with Gasteiger partial charge in [0.05, 0.1) is 0 Å². The van der Waals surface area contributed by atoms with Gasteiger partial charge in [-0.25, -0.2) is 0 Å². The van der Waals surface area contributed by atoms with E-state index in [2.05, 4.69) is 26.0 Å². The van der Waals surface area contributed by atoms with Crippen LogP contribution in [-0.4, -0.2) is 13.0 Å². The topological polar surface area (TPSA) is 46.3 Å². The molecule has 23 heavy (non-hydrogen) atoms. The highest BCUT2D eigenvalue weighted by atomic mass is 35.5. The summed E-state index contributed by atoms with van der Waals surface area (Å²) in [4.78, 5) is 14.1. The Morgan fingerprint density at radius 2 is 1.65 bits per heavy atom. The van der Waals surface area contributed by atoms with E-state index in [0.29, 0.717) is 12.3 Å². The number of amides is 1. The third-order valence-electron chi connectivity index (χ3n) is 3.92. The Morgan fingerprint density at radius 3 is 2.26 bits per heavy atom. The van der Waals surface area contributed by atoms with Crippen molar-refractivity contribution in [2.75, 3.05) is 11.9 Å². The molecule has 3 nitrogen and oxygen atoms in total. The predicted octanol–water partition coefficient (Wildman–Crippen LogP) is 4.28. The van der Waals surface area contributed by atoms with E-state index in [1.165, 1.54) is 5.56 Å². The van der Waals surface area contributed by atoms with Gasteiger partial charge in [-0.05, 0) is 29.2 Å². The van der Waals surface area contributed by atoms with E-state index in [9.17, 15) is 4.79 Å². The smallest absolute Gasteiger partial charge is 0.228 e. The van der Waals surface area contributed by atoms with Crippen molar-refractivity contribution in [2.45, 2.75) is 32.2 Å². The molecule has 2 aromatic rings. The van der Waals surface area contributed by atoms with E-state index in [1.807, 2.05) is 42.5 Å². The maximum Gasteiger partial charge on any atom is 0.228 e. The van der Waals surface area contributed by atoms with Gasteiger partial charge in [0, 0.05) is 25.2 Å².